The van der Waals surface area contributed by atoms with E-state index in [2.05, 4.69) is 4.57 Å². The second kappa shape index (κ2) is 10.6. The Morgan fingerprint density at radius 1 is 0.833 bits per heavy atom. The Hall–Kier alpha value is -4.63. The lowest BCUT2D eigenvalue weighted by molar-refractivity contribution is -0.141. The molecule has 1 amide bonds. The highest BCUT2D eigenvalue weighted by Crippen LogP contribution is 2.37. The van der Waals surface area contributed by atoms with Gasteiger partial charge in [0.25, 0.3) is 5.91 Å². The zero-order chi connectivity index (χ0) is 28.8. The van der Waals surface area contributed by atoms with Gasteiger partial charge in [-0.1, -0.05) is 49.6 Å². The Balaban J connectivity index is 1.30. The van der Waals surface area contributed by atoms with Crippen molar-refractivity contribution in [2.24, 2.45) is 0 Å². The summed E-state index contributed by atoms with van der Waals surface area (Å²) in [5, 5.41) is 19.7. The van der Waals surface area contributed by atoms with Crippen LogP contribution in [0.15, 0.2) is 72.9 Å². The van der Waals surface area contributed by atoms with Crippen molar-refractivity contribution in [3.8, 4) is 22.6 Å². The summed E-state index contributed by atoms with van der Waals surface area (Å²) in [4.78, 5) is 41.0. The quantitative estimate of drug-likeness (QED) is 0.291. The van der Waals surface area contributed by atoms with Gasteiger partial charge in [-0.05, 0) is 49.2 Å². The number of amides is 1. The van der Waals surface area contributed by atoms with Crippen LogP contribution in [0.5, 0.6) is 0 Å². The number of hydrogen-bond donors (Lipinski definition) is 2. The molecule has 42 heavy (non-hydrogen) atoms. The summed E-state index contributed by atoms with van der Waals surface area (Å²) < 4.78 is 2.30. The van der Waals surface area contributed by atoms with Crippen LogP contribution in [-0.4, -0.2) is 65.2 Å². The number of imidazole rings is 1. The minimum absolute atomic E-state index is 0.000284. The van der Waals surface area contributed by atoms with Crippen LogP contribution in [0.25, 0.3) is 44.7 Å². The molecule has 2 aliphatic rings. The average Bonchev–Trinajstić information content (AvgIpc) is 3.61. The second-order valence-electron chi connectivity index (χ2n) is 11.3. The van der Waals surface area contributed by atoms with Gasteiger partial charge in [-0.25, -0.2) is 14.8 Å². The molecule has 2 N–H and O–H groups in total. The predicted octanol–water partition coefficient (Wildman–Crippen LogP) is 5.48. The first-order chi connectivity index (χ1) is 20.5. The lowest BCUT2D eigenvalue weighted by Gasteiger charge is -2.26. The number of rotatable bonds is 5. The Kier molecular flexibility index (Phi) is 6.66. The number of carbonyl (C=O) groups is 2. The number of carboxylic acid groups (broad SMARTS) is 1. The van der Waals surface area contributed by atoms with Gasteiger partial charge in [0.05, 0.1) is 40.1 Å². The predicted molar refractivity (Wildman–Crippen MR) is 159 cm³/mol. The third kappa shape index (κ3) is 4.69. The Labute approximate surface area is 242 Å². The van der Waals surface area contributed by atoms with Crippen molar-refractivity contribution >= 4 is 33.9 Å². The van der Waals surface area contributed by atoms with Crippen molar-refractivity contribution in [3.05, 3.63) is 78.5 Å². The van der Waals surface area contributed by atoms with E-state index < -0.39 is 24.0 Å². The number of aliphatic hydroxyl groups excluding tert-OH is 1. The highest BCUT2D eigenvalue weighted by molar-refractivity contribution is 6.00. The third-order valence-corrected chi connectivity index (χ3v) is 8.57. The SMILES string of the molecule is O=C(O)C1CC(O)CN1C(=O)c1ccc2c(c1)nc(-c1ccc3nc(-c4ccccc4)cnc3c1)n2C1CCCCC1. The molecule has 0 spiro atoms. The summed E-state index contributed by atoms with van der Waals surface area (Å²) in [5.74, 6) is -0.706. The molecule has 1 aliphatic carbocycles. The number of likely N-dealkylation sites (tertiary alicyclic amines) is 1. The molecule has 0 bridgehead atoms. The van der Waals surface area contributed by atoms with Crippen molar-refractivity contribution in [2.75, 3.05) is 6.54 Å². The van der Waals surface area contributed by atoms with Crippen molar-refractivity contribution in [2.45, 2.75) is 56.7 Å². The first-order valence-electron chi connectivity index (χ1n) is 14.5. The van der Waals surface area contributed by atoms with E-state index in [0.29, 0.717) is 11.1 Å². The number of fused-ring (bicyclic) bond motifs is 2. The van der Waals surface area contributed by atoms with E-state index in [1.807, 2.05) is 54.6 Å². The van der Waals surface area contributed by atoms with Crippen LogP contribution in [0.4, 0.5) is 0 Å². The molecule has 2 aromatic heterocycles. The molecule has 1 aliphatic heterocycles. The maximum absolute atomic E-state index is 13.4. The molecule has 7 rings (SSSR count). The largest absolute Gasteiger partial charge is 0.480 e. The zero-order valence-corrected chi connectivity index (χ0v) is 23.1. The third-order valence-electron chi connectivity index (χ3n) is 8.57. The molecule has 2 fully saturated rings. The molecule has 0 radical (unpaired) electrons. The average molecular weight is 562 g/mol. The highest BCUT2D eigenvalue weighted by Gasteiger charge is 2.39. The van der Waals surface area contributed by atoms with Gasteiger partial charge in [-0.2, -0.15) is 0 Å². The van der Waals surface area contributed by atoms with Gasteiger partial charge in [0.15, 0.2) is 0 Å². The molecule has 2 atom stereocenters. The zero-order valence-electron chi connectivity index (χ0n) is 23.1. The fourth-order valence-corrected chi connectivity index (χ4v) is 6.48. The van der Waals surface area contributed by atoms with Crippen LogP contribution in [0.1, 0.15) is 54.9 Å². The summed E-state index contributed by atoms with van der Waals surface area (Å²) in [6.07, 6.45) is 6.61. The molecule has 1 saturated carbocycles. The standard InChI is InChI=1S/C33H31N5O4/c39-24-17-30(33(41)42)37(19-24)32(40)22-12-14-29-27(16-22)36-31(38(29)23-9-5-2-6-10-23)21-11-13-25-26(15-21)34-18-28(35-25)20-7-3-1-4-8-20/h1,3-4,7-8,11-16,18,23-24,30,39H,2,5-6,9-10,17,19H2,(H,41,42). The molecule has 3 aromatic carbocycles. The molecule has 1 saturated heterocycles. The molecule has 3 heterocycles. The number of benzene rings is 3. The Morgan fingerprint density at radius 2 is 1.64 bits per heavy atom. The number of carbonyl (C=O) groups excluding carboxylic acids is 1. The van der Waals surface area contributed by atoms with E-state index >= 15 is 0 Å². The van der Waals surface area contributed by atoms with E-state index in [4.69, 9.17) is 15.0 Å². The number of aromatic nitrogens is 4. The van der Waals surface area contributed by atoms with Crippen molar-refractivity contribution < 1.29 is 19.8 Å². The number of β-amino-alcohol motifs (C(OH)–C–C–N with tert-alkyl or cyclic N) is 1. The van der Waals surface area contributed by atoms with Crippen LogP contribution in [-0.2, 0) is 4.79 Å². The monoisotopic (exact) mass is 561 g/mol. The van der Waals surface area contributed by atoms with Crippen molar-refractivity contribution in [1.82, 2.24) is 24.4 Å². The van der Waals surface area contributed by atoms with Gasteiger partial charge in [0.2, 0.25) is 0 Å². The lowest BCUT2D eigenvalue weighted by atomic mass is 9.94. The number of aliphatic hydroxyl groups is 1. The van der Waals surface area contributed by atoms with Gasteiger partial charge in [0, 0.05) is 35.7 Å². The first-order valence-corrected chi connectivity index (χ1v) is 14.5. The van der Waals surface area contributed by atoms with Gasteiger partial charge >= 0.3 is 5.97 Å². The van der Waals surface area contributed by atoms with E-state index in [1.165, 1.54) is 11.3 Å². The van der Waals surface area contributed by atoms with Gasteiger partial charge in [-0.15, -0.1) is 0 Å². The van der Waals surface area contributed by atoms with Crippen LogP contribution in [0, 0.1) is 0 Å². The summed E-state index contributed by atoms with van der Waals surface area (Å²) in [7, 11) is 0. The number of nitrogens with zero attached hydrogens (tertiary/aromatic N) is 5. The van der Waals surface area contributed by atoms with E-state index in [1.54, 1.807) is 18.3 Å². The minimum Gasteiger partial charge on any atom is -0.480 e. The fraction of sp³-hybridized carbons (Fsp3) is 0.303. The Morgan fingerprint density at radius 3 is 2.43 bits per heavy atom. The van der Waals surface area contributed by atoms with Crippen LogP contribution in [0.3, 0.4) is 0 Å². The molecule has 5 aromatic rings. The van der Waals surface area contributed by atoms with Crippen LogP contribution < -0.4 is 0 Å². The molecule has 9 heteroatoms. The first kappa shape index (κ1) is 26.3. The normalized spacial score (nSPS) is 19.5. The van der Waals surface area contributed by atoms with Gasteiger partial charge in [0.1, 0.15) is 11.9 Å². The summed E-state index contributed by atoms with van der Waals surface area (Å²) in [6.45, 7) is -0.000284. The molecular weight excluding hydrogens is 530 g/mol. The second-order valence-corrected chi connectivity index (χ2v) is 11.3. The number of hydrogen-bond acceptors (Lipinski definition) is 6. The molecule has 212 valence electrons. The fourth-order valence-electron chi connectivity index (χ4n) is 6.48. The van der Waals surface area contributed by atoms with Crippen molar-refractivity contribution in [1.29, 1.82) is 0 Å². The molecule has 9 nitrogen and oxygen atoms in total. The van der Waals surface area contributed by atoms with Gasteiger partial charge in [-0.3, -0.25) is 9.78 Å². The van der Waals surface area contributed by atoms with Crippen LogP contribution in [0.2, 0.25) is 0 Å². The highest BCUT2D eigenvalue weighted by atomic mass is 16.4. The maximum atomic E-state index is 13.4. The smallest absolute Gasteiger partial charge is 0.326 e. The summed E-state index contributed by atoms with van der Waals surface area (Å²) >= 11 is 0. The van der Waals surface area contributed by atoms with Crippen molar-refractivity contribution in [3.63, 3.8) is 0 Å². The number of aliphatic carboxylic acids is 1. The summed E-state index contributed by atoms with van der Waals surface area (Å²) in [6, 6.07) is 20.7. The van der Waals surface area contributed by atoms with E-state index in [-0.39, 0.29) is 19.0 Å². The maximum Gasteiger partial charge on any atom is 0.326 e. The summed E-state index contributed by atoms with van der Waals surface area (Å²) in [5.41, 5.74) is 6.31. The molecule has 2 unspecified atom stereocenters. The van der Waals surface area contributed by atoms with E-state index in [0.717, 1.165) is 64.9 Å². The molecular formula is C33H31N5O4. The van der Waals surface area contributed by atoms with Crippen LogP contribution >= 0.6 is 0 Å². The van der Waals surface area contributed by atoms with Gasteiger partial charge < -0.3 is 19.7 Å². The Bertz CT molecular complexity index is 1810. The topological polar surface area (TPSA) is 121 Å². The lowest BCUT2D eigenvalue weighted by Crippen LogP contribution is -2.40. The van der Waals surface area contributed by atoms with E-state index in [9.17, 15) is 19.8 Å². The number of carboxylic acids is 1. The minimum atomic E-state index is -1.11.